The Kier molecular flexibility index (Phi) is 4.12. The fourth-order valence-electron chi connectivity index (χ4n) is 1.72. The predicted octanol–water partition coefficient (Wildman–Crippen LogP) is 3.01. The maximum absolute atomic E-state index is 12.2. The molecule has 0 aliphatic carbocycles. The predicted molar refractivity (Wildman–Crippen MR) is 67.6 cm³/mol. The Labute approximate surface area is 105 Å². The summed E-state index contributed by atoms with van der Waals surface area (Å²) >= 11 is 0. The number of carbonyl (C=O) groups is 1. The first-order chi connectivity index (χ1) is 8.76. The lowest BCUT2D eigenvalue weighted by Crippen LogP contribution is -2.27. The van der Waals surface area contributed by atoms with Crippen molar-refractivity contribution in [2.75, 3.05) is 13.2 Å². The molecule has 1 aromatic carbocycles. The van der Waals surface area contributed by atoms with Crippen molar-refractivity contribution in [3.8, 4) is 0 Å². The van der Waals surface area contributed by atoms with Gasteiger partial charge in [0.15, 0.2) is 5.76 Å². The van der Waals surface area contributed by atoms with Gasteiger partial charge >= 0.3 is 0 Å². The van der Waals surface area contributed by atoms with Gasteiger partial charge < -0.3 is 13.9 Å². The highest BCUT2D eigenvalue weighted by Gasteiger charge is 2.24. The van der Waals surface area contributed by atoms with Crippen LogP contribution in [0.15, 0.2) is 34.7 Å². The second kappa shape index (κ2) is 5.80. The van der Waals surface area contributed by atoms with Gasteiger partial charge in [-0.05, 0) is 26.0 Å². The molecule has 4 heteroatoms. The Balaban J connectivity index is 2.25. The van der Waals surface area contributed by atoms with Gasteiger partial charge in [-0.25, -0.2) is 0 Å². The van der Waals surface area contributed by atoms with Gasteiger partial charge in [-0.1, -0.05) is 18.2 Å². The van der Waals surface area contributed by atoms with E-state index >= 15 is 0 Å². The molecule has 4 nitrogen and oxygen atoms in total. The Bertz CT molecular complexity index is 490. The lowest BCUT2D eigenvalue weighted by molar-refractivity contribution is -0.108. The Hall–Kier alpha value is -1.65. The molecule has 1 aromatic heterocycles. The summed E-state index contributed by atoms with van der Waals surface area (Å²) in [5.74, 6) is -0.0157. The topological polar surface area (TPSA) is 48.7 Å². The summed E-state index contributed by atoms with van der Waals surface area (Å²) in [7, 11) is 0. The second-order valence-electron chi connectivity index (χ2n) is 3.76. The van der Waals surface area contributed by atoms with E-state index in [0.29, 0.717) is 18.8 Å². The molecule has 0 spiro atoms. The van der Waals surface area contributed by atoms with Gasteiger partial charge in [0, 0.05) is 18.6 Å². The standard InChI is InChI=1S/C14H16O4/c1-3-16-14(17-4-2)13(15)12-9-10-7-5-6-8-11(10)18-12/h5-9,14H,3-4H2,1-2H3. The molecule has 2 aromatic rings. The van der Waals surface area contributed by atoms with Gasteiger partial charge in [0.05, 0.1) is 0 Å². The van der Waals surface area contributed by atoms with Gasteiger partial charge in [0.25, 0.3) is 5.78 Å². The summed E-state index contributed by atoms with van der Waals surface area (Å²) in [6.45, 7) is 4.46. The van der Waals surface area contributed by atoms with Crippen LogP contribution in [0.1, 0.15) is 24.4 Å². The number of rotatable bonds is 6. The number of carbonyl (C=O) groups excluding carboxylic acids is 1. The van der Waals surface area contributed by atoms with Crippen LogP contribution in [0.4, 0.5) is 0 Å². The van der Waals surface area contributed by atoms with Crippen molar-refractivity contribution in [2.24, 2.45) is 0 Å². The molecule has 0 aliphatic heterocycles. The van der Waals surface area contributed by atoms with E-state index in [1.54, 1.807) is 6.07 Å². The summed E-state index contributed by atoms with van der Waals surface area (Å²) in [5, 5.41) is 0.896. The highest BCUT2D eigenvalue weighted by Crippen LogP contribution is 2.20. The van der Waals surface area contributed by atoms with Crippen LogP contribution in [-0.2, 0) is 9.47 Å². The summed E-state index contributed by atoms with van der Waals surface area (Å²) in [6.07, 6.45) is -0.888. The third-order valence-electron chi connectivity index (χ3n) is 2.52. The van der Waals surface area contributed by atoms with E-state index in [-0.39, 0.29) is 11.5 Å². The minimum Gasteiger partial charge on any atom is -0.453 e. The van der Waals surface area contributed by atoms with E-state index in [0.717, 1.165) is 5.39 Å². The molecule has 18 heavy (non-hydrogen) atoms. The molecule has 96 valence electrons. The third kappa shape index (κ3) is 2.60. The first kappa shape index (κ1) is 12.8. The minimum absolute atomic E-state index is 0.267. The molecule has 0 bridgehead atoms. The molecule has 0 N–H and O–H groups in total. The minimum atomic E-state index is -0.888. The van der Waals surface area contributed by atoms with Crippen LogP contribution in [0.3, 0.4) is 0 Å². The Morgan fingerprint density at radius 3 is 2.50 bits per heavy atom. The fourth-order valence-corrected chi connectivity index (χ4v) is 1.72. The molecule has 0 fully saturated rings. The van der Waals surface area contributed by atoms with Gasteiger partial charge in [-0.15, -0.1) is 0 Å². The highest BCUT2D eigenvalue weighted by atomic mass is 16.7. The fraction of sp³-hybridized carbons (Fsp3) is 0.357. The number of Topliss-reactive ketones (excluding diaryl/α,β-unsaturated/α-hetero) is 1. The van der Waals surface area contributed by atoms with Crippen molar-refractivity contribution < 1.29 is 18.7 Å². The van der Waals surface area contributed by atoms with Gasteiger partial charge in [0.1, 0.15) is 5.58 Å². The molecule has 1 heterocycles. The number of ketones is 1. The van der Waals surface area contributed by atoms with Crippen LogP contribution >= 0.6 is 0 Å². The number of fused-ring (bicyclic) bond motifs is 1. The summed E-state index contributed by atoms with van der Waals surface area (Å²) < 4.78 is 16.0. The largest absolute Gasteiger partial charge is 0.453 e. The van der Waals surface area contributed by atoms with Crippen molar-refractivity contribution in [3.63, 3.8) is 0 Å². The number of benzene rings is 1. The van der Waals surface area contributed by atoms with Crippen LogP contribution in [-0.4, -0.2) is 25.3 Å². The maximum Gasteiger partial charge on any atom is 0.253 e. The van der Waals surface area contributed by atoms with E-state index in [4.69, 9.17) is 13.9 Å². The molecule has 0 unspecified atom stereocenters. The molecule has 2 rings (SSSR count). The second-order valence-corrected chi connectivity index (χ2v) is 3.76. The molecule has 0 aliphatic rings. The Morgan fingerprint density at radius 1 is 1.22 bits per heavy atom. The van der Waals surface area contributed by atoms with Crippen LogP contribution in [0.5, 0.6) is 0 Å². The van der Waals surface area contributed by atoms with Crippen LogP contribution in [0, 0.1) is 0 Å². The average Bonchev–Trinajstić information content (AvgIpc) is 2.81. The molecule has 0 saturated carbocycles. The van der Waals surface area contributed by atoms with E-state index < -0.39 is 6.29 Å². The lowest BCUT2D eigenvalue weighted by Gasteiger charge is -2.13. The molecular formula is C14H16O4. The number of para-hydroxylation sites is 1. The first-order valence-corrected chi connectivity index (χ1v) is 6.02. The normalized spacial score (nSPS) is 11.3. The van der Waals surface area contributed by atoms with Crippen molar-refractivity contribution in [1.82, 2.24) is 0 Å². The number of ether oxygens (including phenoxy) is 2. The van der Waals surface area contributed by atoms with Crippen molar-refractivity contribution in [3.05, 3.63) is 36.1 Å². The summed E-state index contributed by atoms with van der Waals surface area (Å²) in [5.41, 5.74) is 0.688. The molecule has 0 radical (unpaired) electrons. The molecule has 0 atom stereocenters. The zero-order chi connectivity index (χ0) is 13.0. The van der Waals surface area contributed by atoms with E-state index in [1.807, 2.05) is 38.1 Å². The average molecular weight is 248 g/mol. The lowest BCUT2D eigenvalue weighted by atomic mass is 10.2. The van der Waals surface area contributed by atoms with Crippen molar-refractivity contribution in [1.29, 1.82) is 0 Å². The van der Waals surface area contributed by atoms with Crippen molar-refractivity contribution >= 4 is 16.8 Å². The first-order valence-electron chi connectivity index (χ1n) is 6.02. The number of furan rings is 1. The maximum atomic E-state index is 12.2. The molecule has 0 amide bonds. The van der Waals surface area contributed by atoms with Gasteiger partial charge in [-0.3, -0.25) is 4.79 Å². The van der Waals surface area contributed by atoms with Crippen LogP contribution in [0.2, 0.25) is 0 Å². The highest BCUT2D eigenvalue weighted by molar-refractivity contribution is 5.99. The zero-order valence-electron chi connectivity index (χ0n) is 10.5. The van der Waals surface area contributed by atoms with Gasteiger partial charge in [-0.2, -0.15) is 0 Å². The van der Waals surface area contributed by atoms with Gasteiger partial charge in [0.2, 0.25) is 6.29 Å². The van der Waals surface area contributed by atoms with Crippen LogP contribution < -0.4 is 0 Å². The summed E-state index contributed by atoms with van der Waals surface area (Å²) in [4.78, 5) is 12.2. The zero-order valence-corrected chi connectivity index (χ0v) is 10.5. The third-order valence-corrected chi connectivity index (χ3v) is 2.52. The quantitative estimate of drug-likeness (QED) is 0.582. The number of hydrogen-bond acceptors (Lipinski definition) is 4. The van der Waals surface area contributed by atoms with E-state index in [1.165, 1.54) is 0 Å². The molecule has 0 saturated heterocycles. The van der Waals surface area contributed by atoms with Crippen LogP contribution in [0.25, 0.3) is 11.0 Å². The summed E-state index contributed by atoms with van der Waals surface area (Å²) in [6, 6.07) is 9.19. The van der Waals surface area contributed by atoms with E-state index in [9.17, 15) is 4.79 Å². The SMILES string of the molecule is CCOC(OCC)C(=O)c1cc2ccccc2o1. The number of hydrogen-bond donors (Lipinski definition) is 0. The Morgan fingerprint density at radius 2 is 1.89 bits per heavy atom. The van der Waals surface area contributed by atoms with E-state index in [2.05, 4.69) is 0 Å². The smallest absolute Gasteiger partial charge is 0.253 e. The monoisotopic (exact) mass is 248 g/mol. The molecular weight excluding hydrogens is 232 g/mol. The van der Waals surface area contributed by atoms with Crippen molar-refractivity contribution in [2.45, 2.75) is 20.1 Å².